The van der Waals surface area contributed by atoms with Gasteiger partial charge in [0.15, 0.2) is 5.75 Å². The van der Waals surface area contributed by atoms with E-state index in [1.807, 2.05) is 12.1 Å². The number of carboxylic acid groups (broad SMARTS) is 2. The molecule has 2 aliphatic rings. The molecule has 0 aliphatic carbocycles. The van der Waals surface area contributed by atoms with Crippen LogP contribution in [0.2, 0.25) is 0 Å². The minimum atomic E-state index is -1.26. The highest BCUT2D eigenvalue weighted by Crippen LogP contribution is 2.48. The second-order valence-corrected chi connectivity index (χ2v) is 6.67. The van der Waals surface area contributed by atoms with Gasteiger partial charge in [0, 0.05) is 23.8 Å². The Morgan fingerprint density at radius 2 is 1.57 bits per heavy atom. The Kier molecular flexibility index (Phi) is 5.65. The molecule has 2 aromatic rings. The SMILES string of the molecule is CC1C2c3ccccc3Oc3ccccc3N2CN1C.O=C(O)C=CC(=O)O. The fourth-order valence-electron chi connectivity index (χ4n) is 3.47. The van der Waals surface area contributed by atoms with Crippen molar-refractivity contribution in [2.24, 2.45) is 0 Å². The maximum absolute atomic E-state index is 9.55. The zero-order valence-electron chi connectivity index (χ0n) is 15.6. The third-order valence-corrected chi connectivity index (χ3v) is 4.86. The number of hydrogen-bond acceptors (Lipinski definition) is 5. The van der Waals surface area contributed by atoms with Gasteiger partial charge in [-0.1, -0.05) is 30.3 Å². The van der Waals surface area contributed by atoms with Gasteiger partial charge in [-0.2, -0.15) is 0 Å². The molecule has 28 heavy (non-hydrogen) atoms. The summed E-state index contributed by atoms with van der Waals surface area (Å²) in [6, 6.07) is 17.5. The summed E-state index contributed by atoms with van der Waals surface area (Å²) in [4.78, 5) is 23.9. The largest absolute Gasteiger partial charge is 0.478 e. The first-order valence-electron chi connectivity index (χ1n) is 8.85. The molecule has 7 heteroatoms. The highest BCUT2D eigenvalue weighted by molar-refractivity contribution is 5.89. The fraction of sp³-hybridized carbons (Fsp3) is 0.238. The molecule has 4 rings (SSSR count). The van der Waals surface area contributed by atoms with Crippen molar-refractivity contribution in [2.75, 3.05) is 18.6 Å². The van der Waals surface area contributed by atoms with E-state index in [2.05, 4.69) is 60.2 Å². The molecule has 2 aromatic carbocycles. The number of fused-ring (bicyclic) bond motifs is 5. The Bertz CT molecular complexity index is 895. The summed E-state index contributed by atoms with van der Waals surface area (Å²) in [6.45, 7) is 3.22. The first kappa shape index (κ1) is 19.4. The number of para-hydroxylation sites is 3. The van der Waals surface area contributed by atoms with Crippen molar-refractivity contribution < 1.29 is 24.5 Å². The normalized spacial score (nSPS) is 20.1. The van der Waals surface area contributed by atoms with Crippen LogP contribution in [0.25, 0.3) is 0 Å². The number of ether oxygens (including phenoxy) is 1. The lowest BCUT2D eigenvalue weighted by molar-refractivity contribution is -0.134. The van der Waals surface area contributed by atoms with Crippen molar-refractivity contribution in [3.8, 4) is 11.5 Å². The van der Waals surface area contributed by atoms with Crippen LogP contribution in [-0.2, 0) is 9.59 Å². The van der Waals surface area contributed by atoms with Crippen molar-refractivity contribution in [3.05, 3.63) is 66.2 Å². The van der Waals surface area contributed by atoms with E-state index in [-0.39, 0.29) is 0 Å². The summed E-state index contributed by atoms with van der Waals surface area (Å²) >= 11 is 0. The third kappa shape index (κ3) is 3.99. The van der Waals surface area contributed by atoms with Crippen LogP contribution in [0, 0.1) is 0 Å². The van der Waals surface area contributed by atoms with Gasteiger partial charge in [-0.25, -0.2) is 9.59 Å². The number of benzene rings is 2. The monoisotopic (exact) mass is 382 g/mol. The van der Waals surface area contributed by atoms with Crippen LogP contribution in [0.3, 0.4) is 0 Å². The maximum Gasteiger partial charge on any atom is 0.328 e. The summed E-state index contributed by atoms with van der Waals surface area (Å²) < 4.78 is 6.16. The molecule has 7 nitrogen and oxygen atoms in total. The lowest BCUT2D eigenvalue weighted by atomic mass is 9.99. The molecule has 2 aliphatic heterocycles. The molecule has 1 fully saturated rings. The number of carboxylic acids is 2. The summed E-state index contributed by atoms with van der Waals surface area (Å²) in [7, 11) is 2.19. The summed E-state index contributed by atoms with van der Waals surface area (Å²) in [5, 5.41) is 15.6. The van der Waals surface area contributed by atoms with Crippen molar-refractivity contribution in [1.29, 1.82) is 0 Å². The Balaban J connectivity index is 0.000000242. The molecule has 2 atom stereocenters. The predicted octanol–water partition coefficient (Wildman–Crippen LogP) is 3.34. The molecule has 0 radical (unpaired) electrons. The minimum absolute atomic E-state index is 0.347. The zero-order chi connectivity index (χ0) is 20.3. The Labute approximate surface area is 163 Å². The number of hydrogen-bond donors (Lipinski definition) is 2. The van der Waals surface area contributed by atoms with Crippen LogP contribution >= 0.6 is 0 Å². The van der Waals surface area contributed by atoms with E-state index in [0.29, 0.717) is 24.2 Å². The Hall–Kier alpha value is -3.32. The number of aliphatic carboxylic acids is 2. The summed E-state index contributed by atoms with van der Waals surface area (Å²) in [6.07, 6.45) is 1.12. The standard InChI is InChI=1S/C17H18N2O.C4H4O4/c1-12-17-13-7-3-5-9-15(13)20-16-10-6-4-8-14(16)19(17)11-18(12)2;5-3(6)1-2-4(7)8/h3-10,12,17H,11H2,1-2H3;1-2H,(H,5,6)(H,7,8). The van der Waals surface area contributed by atoms with Crippen molar-refractivity contribution in [3.63, 3.8) is 0 Å². The van der Waals surface area contributed by atoms with Crippen molar-refractivity contribution in [2.45, 2.75) is 19.0 Å². The molecule has 0 saturated carbocycles. The van der Waals surface area contributed by atoms with Gasteiger partial charge in [0.1, 0.15) is 5.75 Å². The van der Waals surface area contributed by atoms with E-state index in [0.717, 1.165) is 18.2 Å². The van der Waals surface area contributed by atoms with Gasteiger partial charge < -0.3 is 19.8 Å². The highest BCUT2D eigenvalue weighted by Gasteiger charge is 2.40. The van der Waals surface area contributed by atoms with Crippen LogP contribution in [0.1, 0.15) is 18.5 Å². The van der Waals surface area contributed by atoms with Crippen LogP contribution in [-0.4, -0.2) is 46.8 Å². The Morgan fingerprint density at radius 3 is 2.21 bits per heavy atom. The lowest BCUT2D eigenvalue weighted by Crippen LogP contribution is -2.25. The van der Waals surface area contributed by atoms with E-state index in [4.69, 9.17) is 14.9 Å². The van der Waals surface area contributed by atoms with Gasteiger partial charge in [-0.3, -0.25) is 4.90 Å². The third-order valence-electron chi connectivity index (χ3n) is 4.86. The molecular weight excluding hydrogens is 360 g/mol. The van der Waals surface area contributed by atoms with E-state index in [9.17, 15) is 9.59 Å². The minimum Gasteiger partial charge on any atom is -0.478 e. The number of likely N-dealkylation sites (N-methyl/N-ethyl adjacent to an activating group) is 1. The molecule has 2 N–H and O–H groups in total. The molecule has 1 saturated heterocycles. The number of carbonyl (C=O) groups is 2. The van der Waals surface area contributed by atoms with Gasteiger partial charge in [-0.05, 0) is 32.2 Å². The highest BCUT2D eigenvalue weighted by atomic mass is 16.5. The zero-order valence-corrected chi connectivity index (χ0v) is 15.6. The number of rotatable bonds is 2. The molecule has 146 valence electrons. The second-order valence-electron chi connectivity index (χ2n) is 6.67. The van der Waals surface area contributed by atoms with E-state index in [1.165, 1.54) is 11.3 Å². The number of anilines is 1. The van der Waals surface area contributed by atoms with Crippen LogP contribution in [0.5, 0.6) is 11.5 Å². The average molecular weight is 382 g/mol. The van der Waals surface area contributed by atoms with Crippen LogP contribution in [0.4, 0.5) is 5.69 Å². The molecule has 2 unspecified atom stereocenters. The lowest BCUT2D eigenvalue weighted by Gasteiger charge is -2.26. The smallest absolute Gasteiger partial charge is 0.328 e. The van der Waals surface area contributed by atoms with E-state index in [1.54, 1.807) is 0 Å². The van der Waals surface area contributed by atoms with Crippen LogP contribution in [0.15, 0.2) is 60.7 Å². The topological polar surface area (TPSA) is 90.3 Å². The molecule has 0 aromatic heterocycles. The fourth-order valence-corrected chi connectivity index (χ4v) is 3.47. The van der Waals surface area contributed by atoms with E-state index < -0.39 is 11.9 Å². The average Bonchev–Trinajstić information content (AvgIpc) is 2.88. The summed E-state index contributed by atoms with van der Waals surface area (Å²) in [5.41, 5.74) is 2.46. The van der Waals surface area contributed by atoms with Gasteiger partial charge in [0.25, 0.3) is 0 Å². The molecule has 2 heterocycles. The first-order valence-corrected chi connectivity index (χ1v) is 8.85. The maximum atomic E-state index is 9.55. The van der Waals surface area contributed by atoms with Crippen LogP contribution < -0.4 is 9.64 Å². The van der Waals surface area contributed by atoms with E-state index >= 15 is 0 Å². The van der Waals surface area contributed by atoms with Gasteiger partial charge in [-0.15, -0.1) is 0 Å². The molecule has 0 bridgehead atoms. The molecule has 0 spiro atoms. The van der Waals surface area contributed by atoms with Gasteiger partial charge >= 0.3 is 11.9 Å². The molecule has 0 amide bonds. The predicted molar refractivity (Wildman–Crippen MR) is 105 cm³/mol. The first-order chi connectivity index (χ1) is 13.4. The molecular formula is C21H22N2O5. The van der Waals surface area contributed by atoms with Gasteiger partial charge in [0.2, 0.25) is 0 Å². The van der Waals surface area contributed by atoms with Gasteiger partial charge in [0.05, 0.1) is 18.4 Å². The Morgan fingerprint density at radius 1 is 1.00 bits per heavy atom. The summed E-state index contributed by atoms with van der Waals surface area (Å²) in [5.74, 6) is -0.584. The second kappa shape index (κ2) is 8.14. The number of nitrogens with zero attached hydrogens (tertiary/aromatic N) is 2. The quantitative estimate of drug-likeness (QED) is 0.770. The van der Waals surface area contributed by atoms with Crippen molar-refractivity contribution >= 4 is 17.6 Å². The van der Waals surface area contributed by atoms with Crippen molar-refractivity contribution in [1.82, 2.24) is 4.90 Å².